The molecule has 0 aliphatic rings. The van der Waals surface area contributed by atoms with Crippen molar-refractivity contribution in [2.45, 2.75) is 25.3 Å². The Balaban J connectivity index is 1.71. The fourth-order valence-corrected chi connectivity index (χ4v) is 3.20. The molecule has 27 heavy (non-hydrogen) atoms. The van der Waals surface area contributed by atoms with E-state index in [4.69, 9.17) is 19.9 Å². The third-order valence-corrected chi connectivity index (χ3v) is 4.72. The van der Waals surface area contributed by atoms with Gasteiger partial charge in [0.2, 0.25) is 0 Å². The van der Waals surface area contributed by atoms with Crippen molar-refractivity contribution in [3.63, 3.8) is 0 Å². The second-order valence-electron chi connectivity index (χ2n) is 6.91. The SMILES string of the molecule is C[C@@](N)(CCc1ccc2oc(-c3ccc(F)cc3)cc2c1)COP(=O)(O)O. The first-order valence-electron chi connectivity index (χ1n) is 8.39. The summed E-state index contributed by atoms with van der Waals surface area (Å²) in [6, 6.07) is 13.7. The van der Waals surface area contributed by atoms with E-state index >= 15 is 0 Å². The lowest BCUT2D eigenvalue weighted by atomic mass is 9.95. The summed E-state index contributed by atoms with van der Waals surface area (Å²) >= 11 is 0. The number of nitrogens with two attached hydrogens (primary N) is 1. The van der Waals surface area contributed by atoms with Crippen molar-refractivity contribution < 1.29 is 27.7 Å². The molecule has 0 aliphatic heterocycles. The van der Waals surface area contributed by atoms with Gasteiger partial charge in [0.25, 0.3) is 0 Å². The van der Waals surface area contributed by atoms with E-state index in [0.717, 1.165) is 22.1 Å². The standard InChI is InChI=1S/C19H21FNO5P/c1-19(21,12-25-27(22,23)24)9-8-13-2-7-17-15(10-13)11-18(26-17)14-3-5-16(20)6-4-14/h2-7,10-11H,8-9,12,21H2,1H3,(H2,22,23,24)/t19-/m1/s1. The average molecular weight is 393 g/mol. The molecule has 2 aromatic carbocycles. The Hall–Kier alpha value is -2.02. The van der Waals surface area contributed by atoms with Gasteiger partial charge in [0.15, 0.2) is 0 Å². The quantitative estimate of drug-likeness (QED) is 0.524. The van der Waals surface area contributed by atoms with Crippen LogP contribution in [0.3, 0.4) is 0 Å². The molecule has 4 N–H and O–H groups in total. The molecule has 0 radical (unpaired) electrons. The number of hydrogen-bond donors (Lipinski definition) is 3. The third kappa shape index (κ3) is 5.48. The van der Waals surface area contributed by atoms with Crippen LogP contribution in [-0.4, -0.2) is 21.9 Å². The summed E-state index contributed by atoms with van der Waals surface area (Å²) < 4.78 is 34.2. The average Bonchev–Trinajstić information content (AvgIpc) is 3.02. The van der Waals surface area contributed by atoms with Gasteiger partial charge in [-0.3, -0.25) is 4.52 Å². The number of phosphoric acid groups is 1. The highest BCUT2D eigenvalue weighted by molar-refractivity contribution is 7.46. The Morgan fingerprint density at radius 1 is 1.19 bits per heavy atom. The number of furan rings is 1. The van der Waals surface area contributed by atoms with E-state index in [-0.39, 0.29) is 12.4 Å². The zero-order valence-corrected chi connectivity index (χ0v) is 15.7. The molecule has 3 rings (SSSR count). The van der Waals surface area contributed by atoms with E-state index in [2.05, 4.69) is 4.52 Å². The molecule has 0 unspecified atom stereocenters. The fraction of sp³-hybridized carbons (Fsp3) is 0.263. The molecule has 1 atom stereocenters. The lowest BCUT2D eigenvalue weighted by Crippen LogP contribution is -2.41. The summed E-state index contributed by atoms with van der Waals surface area (Å²) in [5.41, 5.74) is 7.72. The van der Waals surface area contributed by atoms with Crippen LogP contribution in [0.4, 0.5) is 4.39 Å². The van der Waals surface area contributed by atoms with Crippen LogP contribution in [0.2, 0.25) is 0 Å². The molecule has 1 aromatic heterocycles. The van der Waals surface area contributed by atoms with Gasteiger partial charge in [-0.25, -0.2) is 8.96 Å². The number of phosphoric ester groups is 1. The van der Waals surface area contributed by atoms with Crippen LogP contribution in [-0.2, 0) is 15.5 Å². The van der Waals surface area contributed by atoms with Gasteiger partial charge in [-0.2, -0.15) is 0 Å². The van der Waals surface area contributed by atoms with Crippen LogP contribution < -0.4 is 5.73 Å². The molecular formula is C19H21FNO5P. The first-order valence-corrected chi connectivity index (χ1v) is 9.92. The molecule has 6 nitrogen and oxygen atoms in total. The van der Waals surface area contributed by atoms with E-state index in [0.29, 0.717) is 18.6 Å². The zero-order chi connectivity index (χ0) is 19.7. The van der Waals surface area contributed by atoms with Crippen molar-refractivity contribution in [2.24, 2.45) is 5.73 Å². The first-order chi connectivity index (χ1) is 12.6. The molecule has 3 aromatic rings. The molecule has 0 saturated heterocycles. The summed E-state index contributed by atoms with van der Waals surface area (Å²) in [4.78, 5) is 17.6. The fourth-order valence-electron chi connectivity index (χ4n) is 2.74. The second-order valence-corrected chi connectivity index (χ2v) is 8.15. The molecule has 0 saturated carbocycles. The minimum absolute atomic E-state index is 0.236. The summed E-state index contributed by atoms with van der Waals surface area (Å²) in [6.07, 6.45) is 1.10. The topological polar surface area (TPSA) is 106 Å². The number of benzene rings is 2. The summed E-state index contributed by atoms with van der Waals surface area (Å²) in [5, 5.41) is 0.914. The normalized spacial score (nSPS) is 14.4. The first kappa shape index (κ1) is 19.7. The van der Waals surface area contributed by atoms with Gasteiger partial charge in [-0.15, -0.1) is 0 Å². The van der Waals surface area contributed by atoms with Gasteiger partial charge in [-0.1, -0.05) is 6.07 Å². The van der Waals surface area contributed by atoms with Crippen LogP contribution in [0.1, 0.15) is 18.9 Å². The monoisotopic (exact) mass is 393 g/mol. The zero-order valence-electron chi connectivity index (χ0n) is 14.8. The van der Waals surface area contributed by atoms with Crippen LogP contribution in [0.5, 0.6) is 0 Å². The van der Waals surface area contributed by atoms with Gasteiger partial charge in [0.1, 0.15) is 17.2 Å². The van der Waals surface area contributed by atoms with Crippen LogP contribution >= 0.6 is 7.82 Å². The number of halogens is 1. The van der Waals surface area contributed by atoms with Crippen LogP contribution in [0, 0.1) is 5.82 Å². The maximum Gasteiger partial charge on any atom is 0.469 e. The van der Waals surface area contributed by atoms with Crippen molar-refractivity contribution in [3.8, 4) is 11.3 Å². The highest BCUT2D eigenvalue weighted by Gasteiger charge is 2.24. The smallest absolute Gasteiger partial charge is 0.456 e. The summed E-state index contributed by atoms with van der Waals surface area (Å²) in [6.45, 7) is 1.45. The van der Waals surface area contributed by atoms with Gasteiger partial charge in [-0.05, 0) is 67.8 Å². The summed E-state index contributed by atoms with van der Waals surface area (Å²) in [7, 11) is -4.54. The predicted octanol–water partition coefficient (Wildman–Crippen LogP) is 4.00. The second kappa shape index (κ2) is 7.54. The Morgan fingerprint density at radius 3 is 2.56 bits per heavy atom. The molecular weight excluding hydrogens is 372 g/mol. The van der Waals surface area contributed by atoms with E-state index in [1.54, 1.807) is 19.1 Å². The molecule has 0 spiro atoms. The lowest BCUT2D eigenvalue weighted by Gasteiger charge is -2.24. The van der Waals surface area contributed by atoms with Crippen molar-refractivity contribution in [2.75, 3.05) is 6.61 Å². The Bertz CT molecular complexity index is 977. The predicted molar refractivity (Wildman–Crippen MR) is 101 cm³/mol. The molecule has 0 fully saturated rings. The molecule has 0 aliphatic carbocycles. The molecule has 144 valence electrons. The van der Waals surface area contributed by atoms with E-state index < -0.39 is 13.4 Å². The number of hydrogen-bond acceptors (Lipinski definition) is 4. The number of rotatable bonds is 7. The largest absolute Gasteiger partial charge is 0.469 e. The minimum Gasteiger partial charge on any atom is -0.456 e. The van der Waals surface area contributed by atoms with E-state index in [1.165, 1.54) is 12.1 Å². The molecule has 1 heterocycles. The third-order valence-electron chi connectivity index (χ3n) is 4.26. The van der Waals surface area contributed by atoms with E-state index in [1.807, 2.05) is 24.3 Å². The highest BCUT2D eigenvalue weighted by Crippen LogP contribution is 2.37. The number of fused-ring (bicyclic) bond motifs is 1. The molecule has 8 heteroatoms. The van der Waals surface area contributed by atoms with Gasteiger partial charge in [0, 0.05) is 16.5 Å². The van der Waals surface area contributed by atoms with Gasteiger partial charge < -0.3 is 19.9 Å². The Kier molecular flexibility index (Phi) is 5.51. The lowest BCUT2D eigenvalue weighted by molar-refractivity contribution is 0.154. The van der Waals surface area contributed by atoms with Gasteiger partial charge >= 0.3 is 7.82 Å². The van der Waals surface area contributed by atoms with Crippen molar-refractivity contribution in [1.82, 2.24) is 0 Å². The maximum absolute atomic E-state index is 13.1. The van der Waals surface area contributed by atoms with Gasteiger partial charge in [0.05, 0.1) is 6.61 Å². The van der Waals surface area contributed by atoms with Crippen molar-refractivity contribution >= 4 is 18.8 Å². The molecule has 0 amide bonds. The maximum atomic E-state index is 13.1. The number of aryl methyl sites for hydroxylation is 1. The minimum atomic E-state index is -4.54. The van der Waals surface area contributed by atoms with Crippen LogP contribution in [0.15, 0.2) is 52.9 Å². The van der Waals surface area contributed by atoms with Crippen molar-refractivity contribution in [1.29, 1.82) is 0 Å². The Morgan fingerprint density at radius 2 is 1.89 bits per heavy atom. The Labute approximate surface area is 156 Å². The molecule has 0 bridgehead atoms. The highest BCUT2D eigenvalue weighted by atomic mass is 31.2. The van der Waals surface area contributed by atoms with E-state index in [9.17, 15) is 8.96 Å². The van der Waals surface area contributed by atoms with Crippen molar-refractivity contribution in [3.05, 3.63) is 59.9 Å². The van der Waals surface area contributed by atoms with Crippen LogP contribution in [0.25, 0.3) is 22.3 Å². The summed E-state index contributed by atoms with van der Waals surface area (Å²) in [5.74, 6) is 0.352.